The zero-order valence-electron chi connectivity index (χ0n) is 18.3. The fourth-order valence-electron chi connectivity index (χ4n) is 3.20. The summed E-state index contributed by atoms with van der Waals surface area (Å²) in [5.41, 5.74) is 3.03. The molecule has 0 atom stereocenters. The van der Waals surface area contributed by atoms with E-state index < -0.39 is 15.9 Å². The van der Waals surface area contributed by atoms with E-state index in [4.69, 9.17) is 16.3 Å². The summed E-state index contributed by atoms with van der Waals surface area (Å²) in [4.78, 5) is 13.2. The number of amides is 1. The Morgan fingerprint density at radius 2 is 1.53 bits per heavy atom. The van der Waals surface area contributed by atoms with Gasteiger partial charge in [0.25, 0.3) is 10.0 Å². The van der Waals surface area contributed by atoms with Crippen LogP contribution in [-0.4, -0.2) is 20.9 Å². The molecule has 3 rings (SSSR count). The van der Waals surface area contributed by atoms with E-state index in [1.54, 1.807) is 13.0 Å². The molecule has 0 N–H and O–H groups in total. The third-order valence-electron chi connectivity index (χ3n) is 4.99. The van der Waals surface area contributed by atoms with Gasteiger partial charge in [-0.25, -0.2) is 12.7 Å². The van der Waals surface area contributed by atoms with Gasteiger partial charge in [0.2, 0.25) is 5.91 Å². The predicted octanol–water partition coefficient (Wildman–Crippen LogP) is 5.85. The number of anilines is 1. The average molecular weight is 472 g/mol. The van der Waals surface area contributed by atoms with E-state index in [-0.39, 0.29) is 11.3 Å². The lowest BCUT2D eigenvalue weighted by molar-refractivity contribution is -0.117. The van der Waals surface area contributed by atoms with Gasteiger partial charge in [-0.1, -0.05) is 41.4 Å². The SMILES string of the molecule is Cc1ccc(OCCCC(=O)N(c2cc(C)ccc2C)S(=O)(=O)c2ccc(Cl)cc2)cc1. The summed E-state index contributed by atoms with van der Waals surface area (Å²) < 4.78 is 33.5. The highest BCUT2D eigenvalue weighted by Crippen LogP contribution is 2.29. The lowest BCUT2D eigenvalue weighted by Gasteiger charge is -2.25. The minimum Gasteiger partial charge on any atom is -0.494 e. The molecule has 168 valence electrons. The molecular weight excluding hydrogens is 446 g/mol. The maximum absolute atomic E-state index is 13.5. The molecular formula is C25H26ClNO4S. The standard InChI is InChI=1S/C25H26ClNO4S/c1-18-7-12-22(13-8-18)31-16-4-5-25(28)27(24-17-19(2)6-9-20(24)3)32(29,30)23-14-10-21(26)11-15-23/h6-15,17H,4-5,16H2,1-3H3. The van der Waals surface area contributed by atoms with Crippen molar-refractivity contribution in [2.24, 2.45) is 0 Å². The van der Waals surface area contributed by atoms with Gasteiger partial charge in [0.15, 0.2) is 0 Å². The Balaban J connectivity index is 1.83. The molecule has 5 nitrogen and oxygen atoms in total. The smallest absolute Gasteiger partial charge is 0.270 e. The van der Waals surface area contributed by atoms with Gasteiger partial charge in [-0.3, -0.25) is 4.79 Å². The van der Waals surface area contributed by atoms with E-state index in [0.717, 1.165) is 15.4 Å². The molecule has 7 heteroatoms. The van der Waals surface area contributed by atoms with Crippen molar-refractivity contribution in [2.45, 2.75) is 38.5 Å². The Hall–Kier alpha value is -2.83. The lowest BCUT2D eigenvalue weighted by atomic mass is 10.1. The Labute approximate surface area is 194 Å². The third-order valence-corrected chi connectivity index (χ3v) is 6.99. The molecule has 0 fully saturated rings. The highest BCUT2D eigenvalue weighted by atomic mass is 35.5. The van der Waals surface area contributed by atoms with Gasteiger partial charge in [0.1, 0.15) is 5.75 Å². The summed E-state index contributed by atoms with van der Waals surface area (Å²) in [6.07, 6.45) is 0.399. The zero-order chi connectivity index (χ0) is 23.3. The van der Waals surface area contributed by atoms with Gasteiger partial charge in [-0.2, -0.15) is 0 Å². The van der Waals surface area contributed by atoms with Crippen LogP contribution in [0.4, 0.5) is 5.69 Å². The molecule has 0 aromatic heterocycles. The minimum atomic E-state index is -4.12. The fourth-order valence-corrected chi connectivity index (χ4v) is 4.83. The van der Waals surface area contributed by atoms with Gasteiger partial charge in [-0.15, -0.1) is 0 Å². The van der Waals surface area contributed by atoms with Crippen LogP contribution in [0.3, 0.4) is 0 Å². The van der Waals surface area contributed by atoms with Crippen LogP contribution >= 0.6 is 11.6 Å². The van der Waals surface area contributed by atoms with E-state index in [2.05, 4.69) is 0 Å². The first-order chi connectivity index (χ1) is 15.2. The molecule has 0 unspecified atom stereocenters. The molecule has 32 heavy (non-hydrogen) atoms. The maximum Gasteiger partial charge on any atom is 0.270 e. The van der Waals surface area contributed by atoms with E-state index in [1.165, 1.54) is 24.3 Å². The molecule has 0 radical (unpaired) electrons. The monoisotopic (exact) mass is 471 g/mol. The molecule has 0 saturated carbocycles. The topological polar surface area (TPSA) is 63.7 Å². The Morgan fingerprint density at radius 1 is 0.906 bits per heavy atom. The molecule has 0 aliphatic heterocycles. The van der Waals surface area contributed by atoms with Gasteiger partial charge in [0, 0.05) is 11.4 Å². The van der Waals surface area contributed by atoms with Crippen molar-refractivity contribution in [3.8, 4) is 5.75 Å². The summed E-state index contributed by atoms with van der Waals surface area (Å²) in [6.45, 7) is 5.94. The second-order valence-electron chi connectivity index (χ2n) is 7.67. The van der Waals surface area contributed by atoms with Crippen LogP contribution in [-0.2, 0) is 14.8 Å². The highest BCUT2D eigenvalue weighted by Gasteiger charge is 2.31. The number of ether oxygens (including phenoxy) is 1. The number of nitrogens with zero attached hydrogens (tertiary/aromatic N) is 1. The number of aryl methyl sites for hydroxylation is 3. The highest BCUT2D eigenvalue weighted by molar-refractivity contribution is 7.93. The Morgan fingerprint density at radius 3 is 2.19 bits per heavy atom. The molecule has 0 saturated heterocycles. The first-order valence-corrected chi connectivity index (χ1v) is 12.1. The van der Waals surface area contributed by atoms with Crippen LogP contribution in [0.15, 0.2) is 71.6 Å². The van der Waals surface area contributed by atoms with Crippen LogP contribution in [0.2, 0.25) is 5.02 Å². The van der Waals surface area contributed by atoms with Crippen molar-refractivity contribution in [1.82, 2.24) is 0 Å². The first kappa shape index (κ1) is 23.8. The normalized spacial score (nSPS) is 11.2. The van der Waals surface area contributed by atoms with Gasteiger partial charge in [-0.05, 0) is 80.8 Å². The summed E-state index contributed by atoms with van der Waals surface area (Å²) in [5.74, 6) is 0.198. The van der Waals surface area contributed by atoms with Crippen molar-refractivity contribution in [2.75, 3.05) is 10.9 Å². The van der Waals surface area contributed by atoms with E-state index in [9.17, 15) is 13.2 Å². The number of rotatable bonds is 8. The number of hydrogen-bond acceptors (Lipinski definition) is 4. The molecule has 3 aromatic carbocycles. The average Bonchev–Trinajstić information content (AvgIpc) is 2.75. The van der Waals surface area contributed by atoms with Crippen LogP contribution in [0.25, 0.3) is 0 Å². The van der Waals surface area contributed by atoms with E-state index >= 15 is 0 Å². The quantitative estimate of drug-likeness (QED) is 0.387. The van der Waals surface area contributed by atoms with Crippen molar-refractivity contribution in [3.05, 3.63) is 88.4 Å². The molecule has 0 aliphatic carbocycles. The van der Waals surface area contributed by atoms with Crippen molar-refractivity contribution >= 4 is 33.2 Å². The number of sulfonamides is 1. The second kappa shape index (κ2) is 10.2. The van der Waals surface area contributed by atoms with Crippen molar-refractivity contribution in [1.29, 1.82) is 0 Å². The molecule has 0 aliphatic rings. The number of benzene rings is 3. The predicted molar refractivity (Wildman–Crippen MR) is 128 cm³/mol. The largest absolute Gasteiger partial charge is 0.494 e. The second-order valence-corrected chi connectivity index (χ2v) is 9.90. The molecule has 0 bridgehead atoms. The fraction of sp³-hybridized carbons (Fsp3) is 0.240. The van der Waals surface area contributed by atoms with Crippen LogP contribution in [0.1, 0.15) is 29.5 Å². The number of carbonyl (C=O) groups is 1. The summed E-state index contributed by atoms with van der Waals surface area (Å²) in [7, 11) is -4.12. The summed E-state index contributed by atoms with van der Waals surface area (Å²) in [6, 6.07) is 18.8. The van der Waals surface area contributed by atoms with Crippen LogP contribution < -0.4 is 9.04 Å². The van der Waals surface area contributed by atoms with Crippen molar-refractivity contribution in [3.63, 3.8) is 0 Å². The molecule has 3 aromatic rings. The maximum atomic E-state index is 13.5. The number of halogens is 1. The Bertz CT molecular complexity index is 1190. The van der Waals surface area contributed by atoms with Crippen LogP contribution in [0, 0.1) is 20.8 Å². The Kier molecular flexibility index (Phi) is 7.59. The first-order valence-electron chi connectivity index (χ1n) is 10.3. The van der Waals surface area contributed by atoms with E-state index in [1.807, 2.05) is 50.2 Å². The molecule has 0 spiro atoms. The van der Waals surface area contributed by atoms with Gasteiger partial charge < -0.3 is 4.74 Å². The van der Waals surface area contributed by atoms with Crippen LogP contribution in [0.5, 0.6) is 5.75 Å². The third kappa shape index (κ3) is 5.69. The number of hydrogen-bond donors (Lipinski definition) is 0. The lowest BCUT2D eigenvalue weighted by Crippen LogP contribution is -2.37. The van der Waals surface area contributed by atoms with Gasteiger partial charge in [0.05, 0.1) is 17.2 Å². The van der Waals surface area contributed by atoms with E-state index in [0.29, 0.717) is 35.1 Å². The molecule has 1 amide bonds. The zero-order valence-corrected chi connectivity index (χ0v) is 19.9. The van der Waals surface area contributed by atoms with Gasteiger partial charge >= 0.3 is 0 Å². The molecule has 0 heterocycles. The van der Waals surface area contributed by atoms with Crippen molar-refractivity contribution < 1.29 is 17.9 Å². The minimum absolute atomic E-state index is 0.00654. The summed E-state index contributed by atoms with van der Waals surface area (Å²) >= 11 is 5.92. The summed E-state index contributed by atoms with van der Waals surface area (Å²) in [5, 5.41) is 0.418. The number of carbonyl (C=O) groups excluding carboxylic acids is 1.